The number of rotatable bonds is 5. The van der Waals surface area contributed by atoms with E-state index in [2.05, 4.69) is 15.3 Å². The average molecular weight is 359 g/mol. The lowest BCUT2D eigenvalue weighted by Crippen LogP contribution is -2.38. The van der Waals surface area contributed by atoms with E-state index in [0.29, 0.717) is 24.9 Å². The van der Waals surface area contributed by atoms with Crippen molar-refractivity contribution in [2.75, 3.05) is 25.5 Å². The summed E-state index contributed by atoms with van der Waals surface area (Å²) in [6, 6.07) is 2.27. The Morgan fingerprint density at radius 3 is 2.73 bits per heavy atom. The van der Waals surface area contributed by atoms with E-state index in [1.54, 1.807) is 16.6 Å². The van der Waals surface area contributed by atoms with E-state index < -0.39 is 0 Å². The second-order valence-corrected chi connectivity index (χ2v) is 8.22. The summed E-state index contributed by atoms with van der Waals surface area (Å²) < 4.78 is 1.74. The lowest BCUT2D eigenvalue weighted by Gasteiger charge is -2.25. The maximum Gasteiger partial charge on any atom is 0.322 e. The largest absolute Gasteiger partial charge is 0.339 e. The standard InChI is InChI=1S/C19H29N5O2/c1-22(11-13-9-18(25)24(12-13)15-5-3-4-6-15)19(26)20-17-10-16(14-7-8-14)21-23(17)2/h10,13-15H,3-9,11-12H2,1-2H3,(H,20,26). The number of nitrogens with zero attached hydrogens (tertiary/aromatic N) is 4. The molecule has 7 heteroatoms. The van der Waals surface area contributed by atoms with Crippen LogP contribution >= 0.6 is 0 Å². The topological polar surface area (TPSA) is 70.5 Å². The summed E-state index contributed by atoms with van der Waals surface area (Å²) in [5.74, 6) is 1.79. The Bertz CT molecular complexity index is 690. The molecule has 0 radical (unpaired) electrons. The van der Waals surface area contributed by atoms with Gasteiger partial charge in [0, 0.05) is 57.5 Å². The Hall–Kier alpha value is -2.05. The van der Waals surface area contributed by atoms with Crippen LogP contribution in [0.5, 0.6) is 0 Å². The molecule has 1 N–H and O–H groups in total. The van der Waals surface area contributed by atoms with E-state index in [-0.39, 0.29) is 17.9 Å². The first-order valence-corrected chi connectivity index (χ1v) is 9.87. The van der Waals surface area contributed by atoms with Crippen molar-refractivity contribution in [2.45, 2.75) is 56.9 Å². The van der Waals surface area contributed by atoms with Crippen molar-refractivity contribution in [1.82, 2.24) is 19.6 Å². The van der Waals surface area contributed by atoms with Gasteiger partial charge in [-0.05, 0) is 25.7 Å². The second kappa shape index (κ2) is 6.93. The van der Waals surface area contributed by atoms with Gasteiger partial charge in [0.1, 0.15) is 5.82 Å². The number of nitrogens with one attached hydrogen (secondary N) is 1. The quantitative estimate of drug-likeness (QED) is 0.878. The van der Waals surface area contributed by atoms with E-state index in [9.17, 15) is 9.59 Å². The van der Waals surface area contributed by atoms with Gasteiger partial charge >= 0.3 is 6.03 Å². The zero-order chi connectivity index (χ0) is 18.3. The van der Waals surface area contributed by atoms with Crippen LogP contribution in [0.25, 0.3) is 0 Å². The lowest BCUT2D eigenvalue weighted by molar-refractivity contribution is -0.129. The minimum absolute atomic E-state index is 0.137. The first-order valence-electron chi connectivity index (χ1n) is 9.87. The summed E-state index contributed by atoms with van der Waals surface area (Å²) in [5.41, 5.74) is 1.07. The van der Waals surface area contributed by atoms with Crippen LogP contribution in [0.2, 0.25) is 0 Å². The third-order valence-corrected chi connectivity index (χ3v) is 6.01. The van der Waals surface area contributed by atoms with Crippen LogP contribution in [0.4, 0.5) is 10.6 Å². The first-order chi connectivity index (χ1) is 12.5. The van der Waals surface area contributed by atoms with Crippen LogP contribution in [0.1, 0.15) is 56.6 Å². The molecule has 7 nitrogen and oxygen atoms in total. The van der Waals surface area contributed by atoms with Crippen molar-refractivity contribution in [2.24, 2.45) is 13.0 Å². The fourth-order valence-corrected chi connectivity index (χ4v) is 4.36. The number of aryl methyl sites for hydroxylation is 1. The molecule has 1 unspecified atom stereocenters. The molecule has 0 spiro atoms. The van der Waals surface area contributed by atoms with E-state index in [0.717, 1.165) is 30.9 Å². The van der Waals surface area contributed by atoms with Crippen LogP contribution in [0, 0.1) is 5.92 Å². The Morgan fingerprint density at radius 2 is 2.04 bits per heavy atom. The predicted molar refractivity (Wildman–Crippen MR) is 98.9 cm³/mol. The molecule has 1 aromatic heterocycles. The first kappa shape index (κ1) is 17.4. The number of amides is 3. The third kappa shape index (κ3) is 3.57. The van der Waals surface area contributed by atoms with Crippen molar-refractivity contribution in [3.63, 3.8) is 0 Å². The van der Waals surface area contributed by atoms with E-state index in [1.165, 1.54) is 25.7 Å². The fraction of sp³-hybridized carbons (Fsp3) is 0.737. The summed E-state index contributed by atoms with van der Waals surface area (Å²) in [5, 5.41) is 7.44. The van der Waals surface area contributed by atoms with Gasteiger partial charge in [0.2, 0.25) is 5.91 Å². The predicted octanol–water partition coefficient (Wildman–Crippen LogP) is 2.55. The average Bonchev–Trinajstić information content (AvgIpc) is 3.00. The Balaban J connectivity index is 1.30. The second-order valence-electron chi connectivity index (χ2n) is 8.22. The molecule has 1 aromatic rings. The van der Waals surface area contributed by atoms with Crippen molar-refractivity contribution in [3.8, 4) is 0 Å². The van der Waals surface area contributed by atoms with Gasteiger partial charge in [-0.3, -0.25) is 14.8 Å². The minimum Gasteiger partial charge on any atom is -0.339 e. The highest BCUT2D eigenvalue weighted by Gasteiger charge is 2.36. The fourth-order valence-electron chi connectivity index (χ4n) is 4.36. The van der Waals surface area contributed by atoms with Gasteiger partial charge in [-0.15, -0.1) is 0 Å². The molecular weight excluding hydrogens is 330 g/mol. The molecule has 26 heavy (non-hydrogen) atoms. The van der Waals surface area contributed by atoms with E-state index >= 15 is 0 Å². The molecule has 1 aliphatic heterocycles. The molecule has 3 amide bonds. The molecule has 142 valence electrons. The summed E-state index contributed by atoms with van der Waals surface area (Å²) >= 11 is 0. The highest BCUT2D eigenvalue weighted by atomic mass is 16.2. The number of anilines is 1. The number of urea groups is 1. The van der Waals surface area contributed by atoms with Gasteiger partial charge in [-0.1, -0.05) is 12.8 Å². The summed E-state index contributed by atoms with van der Waals surface area (Å²) in [6.45, 7) is 1.40. The number of aromatic nitrogens is 2. The maximum absolute atomic E-state index is 12.5. The number of likely N-dealkylation sites (tertiary alicyclic amines) is 1. The van der Waals surface area contributed by atoms with Crippen LogP contribution in [0.15, 0.2) is 6.07 Å². The molecule has 3 aliphatic rings. The zero-order valence-electron chi connectivity index (χ0n) is 15.8. The van der Waals surface area contributed by atoms with E-state index in [1.807, 2.05) is 13.1 Å². The Labute approximate surface area is 154 Å². The van der Waals surface area contributed by atoms with Crippen molar-refractivity contribution < 1.29 is 9.59 Å². The molecule has 2 aliphatic carbocycles. The van der Waals surface area contributed by atoms with Crippen molar-refractivity contribution in [3.05, 3.63) is 11.8 Å². The minimum atomic E-state index is -0.137. The molecule has 3 fully saturated rings. The zero-order valence-corrected chi connectivity index (χ0v) is 15.8. The van der Waals surface area contributed by atoms with Crippen LogP contribution in [0.3, 0.4) is 0 Å². The summed E-state index contributed by atoms with van der Waals surface area (Å²) in [4.78, 5) is 28.6. The summed E-state index contributed by atoms with van der Waals surface area (Å²) in [6.07, 6.45) is 7.68. The van der Waals surface area contributed by atoms with Crippen LogP contribution < -0.4 is 5.32 Å². The highest BCUT2D eigenvalue weighted by Crippen LogP contribution is 2.40. The summed E-state index contributed by atoms with van der Waals surface area (Å²) in [7, 11) is 3.66. The molecule has 2 heterocycles. The number of hydrogen-bond donors (Lipinski definition) is 1. The van der Waals surface area contributed by atoms with Crippen LogP contribution in [-0.2, 0) is 11.8 Å². The molecule has 0 bridgehead atoms. The third-order valence-electron chi connectivity index (χ3n) is 6.01. The monoisotopic (exact) mass is 359 g/mol. The molecular formula is C19H29N5O2. The normalized spacial score (nSPS) is 23.7. The van der Waals surface area contributed by atoms with Gasteiger partial charge in [0.05, 0.1) is 5.69 Å². The smallest absolute Gasteiger partial charge is 0.322 e. The van der Waals surface area contributed by atoms with Crippen molar-refractivity contribution in [1.29, 1.82) is 0 Å². The van der Waals surface area contributed by atoms with Crippen LogP contribution in [-0.4, -0.2) is 57.7 Å². The molecule has 0 aromatic carbocycles. The van der Waals surface area contributed by atoms with Gasteiger partial charge < -0.3 is 9.80 Å². The molecule has 2 saturated carbocycles. The lowest BCUT2D eigenvalue weighted by atomic mass is 10.1. The number of carbonyl (C=O) groups excluding carboxylic acids is 2. The van der Waals surface area contributed by atoms with Gasteiger partial charge in [0.15, 0.2) is 0 Å². The Kier molecular flexibility index (Phi) is 4.63. The molecule has 1 atom stereocenters. The molecule has 4 rings (SSSR count). The highest BCUT2D eigenvalue weighted by molar-refractivity contribution is 5.88. The Morgan fingerprint density at radius 1 is 1.31 bits per heavy atom. The maximum atomic E-state index is 12.5. The van der Waals surface area contributed by atoms with Gasteiger partial charge in [-0.25, -0.2) is 4.79 Å². The number of hydrogen-bond acceptors (Lipinski definition) is 3. The SMILES string of the molecule is CN(CC1CC(=O)N(C2CCCC2)C1)C(=O)Nc1cc(C2CC2)nn1C. The van der Waals surface area contributed by atoms with E-state index in [4.69, 9.17) is 0 Å². The number of carbonyl (C=O) groups is 2. The van der Waals surface area contributed by atoms with Crippen molar-refractivity contribution >= 4 is 17.8 Å². The van der Waals surface area contributed by atoms with Gasteiger partial charge in [0.25, 0.3) is 0 Å². The molecule has 1 saturated heterocycles. The van der Waals surface area contributed by atoms with Gasteiger partial charge in [-0.2, -0.15) is 5.10 Å².